The van der Waals surface area contributed by atoms with Gasteiger partial charge in [-0.3, -0.25) is 9.59 Å². The molecule has 1 fully saturated rings. The van der Waals surface area contributed by atoms with Gasteiger partial charge >= 0.3 is 5.97 Å². The number of aliphatic carboxylic acids is 1. The number of nitrogens with zero attached hydrogens (tertiary/aromatic N) is 1. The normalized spacial score (nSPS) is 17.0. The Hall–Kier alpha value is -1.95. The van der Waals surface area contributed by atoms with Gasteiger partial charge in [0.1, 0.15) is 12.4 Å². The van der Waals surface area contributed by atoms with Crippen molar-refractivity contribution in [3.05, 3.63) is 35.6 Å². The predicted molar refractivity (Wildman–Crippen MR) is 78.0 cm³/mol. The molecule has 0 bridgehead atoms. The molecule has 1 saturated heterocycles. The van der Waals surface area contributed by atoms with E-state index in [9.17, 15) is 14.0 Å². The molecule has 1 heterocycles. The number of carbonyl (C=O) groups excluding carboxylic acids is 1. The standard InChI is InChI=1S/C16H20FNO4/c1-11(13-4-2-3-5-14(13)17)16(21)18(10-15(19)20)12-6-8-22-9-7-12/h2-5,11-12H,6-10H2,1H3,(H,19,20)/t11-/m1/s1. The molecule has 1 aliphatic rings. The molecule has 0 saturated carbocycles. The molecule has 22 heavy (non-hydrogen) atoms. The van der Waals surface area contributed by atoms with Crippen molar-refractivity contribution in [2.75, 3.05) is 19.8 Å². The lowest BCUT2D eigenvalue weighted by molar-refractivity contribution is -0.148. The zero-order valence-electron chi connectivity index (χ0n) is 12.5. The van der Waals surface area contributed by atoms with Gasteiger partial charge in [0.25, 0.3) is 0 Å². The van der Waals surface area contributed by atoms with Crippen molar-refractivity contribution in [3.8, 4) is 0 Å². The van der Waals surface area contributed by atoms with Gasteiger partial charge in [-0.1, -0.05) is 18.2 Å². The molecule has 120 valence electrons. The molecule has 0 spiro atoms. The number of rotatable bonds is 5. The predicted octanol–water partition coefficient (Wildman–Crippen LogP) is 2.02. The second-order valence-corrected chi connectivity index (χ2v) is 5.45. The van der Waals surface area contributed by atoms with Crippen molar-refractivity contribution in [1.29, 1.82) is 0 Å². The van der Waals surface area contributed by atoms with E-state index in [0.29, 0.717) is 26.1 Å². The first-order valence-electron chi connectivity index (χ1n) is 7.35. The quantitative estimate of drug-likeness (QED) is 0.903. The maximum atomic E-state index is 13.9. The number of carbonyl (C=O) groups is 2. The van der Waals surface area contributed by atoms with E-state index in [4.69, 9.17) is 9.84 Å². The Balaban J connectivity index is 2.20. The number of hydrogen-bond acceptors (Lipinski definition) is 3. The number of halogens is 1. The number of amides is 1. The zero-order valence-corrected chi connectivity index (χ0v) is 12.5. The van der Waals surface area contributed by atoms with Gasteiger partial charge in [0, 0.05) is 19.3 Å². The van der Waals surface area contributed by atoms with E-state index in [2.05, 4.69) is 0 Å². The van der Waals surface area contributed by atoms with Gasteiger partial charge in [-0.2, -0.15) is 0 Å². The largest absolute Gasteiger partial charge is 0.480 e. The van der Waals surface area contributed by atoms with E-state index in [-0.39, 0.29) is 24.1 Å². The lowest BCUT2D eigenvalue weighted by Gasteiger charge is -2.35. The number of carboxylic acids is 1. The number of ether oxygens (including phenoxy) is 1. The highest BCUT2D eigenvalue weighted by Gasteiger charge is 2.31. The van der Waals surface area contributed by atoms with Gasteiger partial charge in [-0.15, -0.1) is 0 Å². The van der Waals surface area contributed by atoms with Crippen LogP contribution in [0.15, 0.2) is 24.3 Å². The molecule has 1 atom stereocenters. The second kappa shape index (κ2) is 7.35. The van der Waals surface area contributed by atoms with Crippen molar-refractivity contribution in [2.45, 2.75) is 31.7 Å². The van der Waals surface area contributed by atoms with E-state index in [1.165, 1.54) is 11.0 Å². The van der Waals surface area contributed by atoms with Crippen LogP contribution >= 0.6 is 0 Å². The van der Waals surface area contributed by atoms with Gasteiger partial charge in [-0.25, -0.2) is 4.39 Å². The molecule has 2 rings (SSSR count). The topological polar surface area (TPSA) is 66.8 Å². The van der Waals surface area contributed by atoms with E-state index < -0.39 is 17.7 Å². The van der Waals surface area contributed by atoms with Crippen LogP contribution in [-0.4, -0.2) is 47.7 Å². The Morgan fingerprint density at radius 1 is 1.36 bits per heavy atom. The average molecular weight is 309 g/mol. The fourth-order valence-electron chi connectivity index (χ4n) is 2.74. The third kappa shape index (κ3) is 3.82. The van der Waals surface area contributed by atoms with Crippen LogP contribution in [0, 0.1) is 5.82 Å². The molecule has 0 aliphatic carbocycles. The van der Waals surface area contributed by atoms with Gasteiger partial charge in [0.15, 0.2) is 0 Å². The van der Waals surface area contributed by atoms with E-state index >= 15 is 0 Å². The number of hydrogen-bond donors (Lipinski definition) is 1. The Kier molecular flexibility index (Phi) is 5.49. The minimum Gasteiger partial charge on any atom is -0.480 e. The molecular weight excluding hydrogens is 289 g/mol. The summed E-state index contributed by atoms with van der Waals surface area (Å²) < 4.78 is 19.1. The minimum atomic E-state index is -1.07. The van der Waals surface area contributed by atoms with Crippen LogP contribution in [0.25, 0.3) is 0 Å². The van der Waals surface area contributed by atoms with Gasteiger partial charge in [0.05, 0.1) is 5.92 Å². The Labute approximate surface area is 128 Å². The molecule has 1 aliphatic heterocycles. The van der Waals surface area contributed by atoms with Crippen molar-refractivity contribution in [1.82, 2.24) is 4.90 Å². The van der Waals surface area contributed by atoms with Crippen molar-refractivity contribution in [3.63, 3.8) is 0 Å². The van der Waals surface area contributed by atoms with Crippen LogP contribution < -0.4 is 0 Å². The minimum absolute atomic E-state index is 0.174. The second-order valence-electron chi connectivity index (χ2n) is 5.45. The third-order valence-electron chi connectivity index (χ3n) is 3.96. The highest BCUT2D eigenvalue weighted by molar-refractivity contribution is 5.86. The molecule has 1 aromatic rings. The van der Waals surface area contributed by atoms with Gasteiger partial charge < -0.3 is 14.7 Å². The fraction of sp³-hybridized carbons (Fsp3) is 0.500. The molecule has 1 N–H and O–H groups in total. The smallest absolute Gasteiger partial charge is 0.323 e. The molecule has 0 radical (unpaired) electrons. The molecule has 1 aromatic carbocycles. The van der Waals surface area contributed by atoms with Gasteiger partial charge in [0.2, 0.25) is 5.91 Å². The summed E-state index contributed by atoms with van der Waals surface area (Å²) in [5.74, 6) is -2.60. The molecule has 1 amide bonds. The summed E-state index contributed by atoms with van der Waals surface area (Å²) in [6.45, 7) is 2.24. The summed E-state index contributed by atoms with van der Waals surface area (Å²) in [6, 6.07) is 5.91. The summed E-state index contributed by atoms with van der Waals surface area (Å²) in [5.41, 5.74) is 0.287. The maximum absolute atomic E-state index is 13.9. The first kappa shape index (κ1) is 16.4. The summed E-state index contributed by atoms with van der Waals surface area (Å²) in [5, 5.41) is 9.07. The Morgan fingerprint density at radius 2 is 2.00 bits per heavy atom. The Morgan fingerprint density at radius 3 is 2.59 bits per heavy atom. The lowest BCUT2D eigenvalue weighted by atomic mass is 9.97. The average Bonchev–Trinajstić information content (AvgIpc) is 2.52. The molecule has 0 unspecified atom stereocenters. The Bertz CT molecular complexity index is 543. The van der Waals surface area contributed by atoms with Crippen LogP contribution in [0.5, 0.6) is 0 Å². The molecule has 5 nitrogen and oxygen atoms in total. The van der Waals surface area contributed by atoms with Crippen molar-refractivity contribution >= 4 is 11.9 Å². The van der Waals surface area contributed by atoms with E-state index in [1.807, 2.05) is 0 Å². The van der Waals surface area contributed by atoms with Crippen LogP contribution in [-0.2, 0) is 14.3 Å². The number of benzene rings is 1. The lowest BCUT2D eigenvalue weighted by Crippen LogP contribution is -2.47. The molecule has 6 heteroatoms. The first-order valence-corrected chi connectivity index (χ1v) is 7.35. The summed E-state index contributed by atoms with van der Waals surface area (Å²) >= 11 is 0. The van der Waals surface area contributed by atoms with Crippen LogP contribution in [0.1, 0.15) is 31.2 Å². The van der Waals surface area contributed by atoms with E-state index in [1.54, 1.807) is 25.1 Å². The van der Waals surface area contributed by atoms with Crippen LogP contribution in [0.3, 0.4) is 0 Å². The van der Waals surface area contributed by atoms with Crippen LogP contribution in [0.2, 0.25) is 0 Å². The highest BCUT2D eigenvalue weighted by atomic mass is 19.1. The molecular formula is C16H20FNO4. The van der Waals surface area contributed by atoms with Gasteiger partial charge in [-0.05, 0) is 31.4 Å². The zero-order chi connectivity index (χ0) is 16.1. The van der Waals surface area contributed by atoms with Crippen molar-refractivity contribution in [2.24, 2.45) is 0 Å². The van der Waals surface area contributed by atoms with Crippen molar-refractivity contribution < 1.29 is 23.8 Å². The third-order valence-corrected chi connectivity index (χ3v) is 3.96. The summed E-state index contributed by atoms with van der Waals surface area (Å²) in [7, 11) is 0. The SMILES string of the molecule is C[C@@H](C(=O)N(CC(=O)O)C1CCOCC1)c1ccccc1F. The van der Waals surface area contributed by atoms with E-state index in [0.717, 1.165) is 0 Å². The summed E-state index contributed by atoms with van der Waals surface area (Å²) in [6.07, 6.45) is 1.20. The molecule has 0 aromatic heterocycles. The number of carboxylic acid groups (broad SMARTS) is 1. The van der Waals surface area contributed by atoms with Crippen LogP contribution in [0.4, 0.5) is 4.39 Å². The first-order chi connectivity index (χ1) is 10.5. The fourth-order valence-corrected chi connectivity index (χ4v) is 2.74. The monoisotopic (exact) mass is 309 g/mol. The maximum Gasteiger partial charge on any atom is 0.323 e. The highest BCUT2D eigenvalue weighted by Crippen LogP contribution is 2.24. The summed E-state index contributed by atoms with van der Waals surface area (Å²) in [4.78, 5) is 25.1.